The molecule has 0 spiro atoms. The van der Waals surface area contributed by atoms with Crippen LogP contribution >= 0.6 is 0 Å². The number of nitro groups is 1. The molecule has 6 nitrogen and oxygen atoms in total. The van der Waals surface area contributed by atoms with E-state index in [1.54, 1.807) is 20.0 Å². The molecule has 2 atom stereocenters. The number of rotatable bonds is 4. The molecular formula is C13H19N3O3. The van der Waals surface area contributed by atoms with E-state index < -0.39 is 0 Å². The third kappa shape index (κ3) is 2.96. The number of nitrogens with one attached hydrogen (secondary N) is 1. The largest absolute Gasteiger partial charge is 0.393 e. The van der Waals surface area contributed by atoms with Crippen molar-refractivity contribution in [2.24, 2.45) is 5.92 Å². The third-order valence-corrected chi connectivity index (χ3v) is 3.67. The lowest BCUT2D eigenvalue weighted by atomic mass is 10.0. The number of aliphatic hydroxyl groups is 1. The molecule has 0 aliphatic carbocycles. The van der Waals surface area contributed by atoms with Gasteiger partial charge in [0.05, 0.1) is 11.0 Å². The van der Waals surface area contributed by atoms with Gasteiger partial charge < -0.3 is 15.3 Å². The summed E-state index contributed by atoms with van der Waals surface area (Å²) in [6.45, 7) is 3.35. The van der Waals surface area contributed by atoms with Gasteiger partial charge in [-0.2, -0.15) is 0 Å². The molecule has 2 unspecified atom stereocenters. The molecule has 0 saturated carbocycles. The summed E-state index contributed by atoms with van der Waals surface area (Å²) < 4.78 is 0. The SMILES string of the molecule is CNc1cc(N2CCC(C(C)O)C2)cc([N+](=O)[O-])c1. The lowest BCUT2D eigenvalue weighted by Crippen LogP contribution is -2.24. The van der Waals surface area contributed by atoms with Crippen molar-refractivity contribution in [3.05, 3.63) is 28.3 Å². The van der Waals surface area contributed by atoms with E-state index in [1.807, 2.05) is 6.07 Å². The van der Waals surface area contributed by atoms with Gasteiger partial charge in [-0.1, -0.05) is 0 Å². The summed E-state index contributed by atoms with van der Waals surface area (Å²) in [7, 11) is 1.74. The van der Waals surface area contributed by atoms with E-state index >= 15 is 0 Å². The molecule has 1 heterocycles. The normalized spacial score (nSPS) is 20.4. The Balaban J connectivity index is 2.25. The Morgan fingerprint density at radius 1 is 1.53 bits per heavy atom. The highest BCUT2D eigenvalue weighted by atomic mass is 16.6. The summed E-state index contributed by atoms with van der Waals surface area (Å²) in [6, 6.07) is 5.01. The van der Waals surface area contributed by atoms with Gasteiger partial charge >= 0.3 is 0 Å². The molecule has 1 fully saturated rings. The Morgan fingerprint density at radius 3 is 2.79 bits per heavy atom. The molecule has 0 amide bonds. The number of hydrogen-bond donors (Lipinski definition) is 2. The maximum Gasteiger partial charge on any atom is 0.273 e. The van der Waals surface area contributed by atoms with Crippen LogP contribution in [0.1, 0.15) is 13.3 Å². The summed E-state index contributed by atoms with van der Waals surface area (Å²) in [6.07, 6.45) is 0.572. The van der Waals surface area contributed by atoms with Gasteiger partial charge in [0.15, 0.2) is 0 Å². The Bertz CT molecular complexity index is 476. The molecular weight excluding hydrogens is 246 g/mol. The lowest BCUT2D eigenvalue weighted by molar-refractivity contribution is -0.384. The number of aliphatic hydroxyl groups excluding tert-OH is 1. The summed E-state index contributed by atoms with van der Waals surface area (Å²) in [5.74, 6) is 0.234. The predicted octanol–water partition coefficient (Wildman–Crippen LogP) is 1.84. The smallest absolute Gasteiger partial charge is 0.273 e. The number of benzene rings is 1. The number of non-ortho nitro benzene ring substituents is 1. The Kier molecular flexibility index (Phi) is 3.90. The Hall–Kier alpha value is -1.82. The standard InChI is InChI=1S/C13H19N3O3/c1-9(17)10-3-4-15(8-10)12-5-11(14-2)6-13(7-12)16(18)19/h5-7,9-10,14,17H,3-4,8H2,1-2H3. The van der Waals surface area contributed by atoms with Crippen LogP contribution in [-0.4, -0.2) is 36.3 Å². The first kappa shape index (κ1) is 13.6. The molecule has 2 rings (SSSR count). The van der Waals surface area contributed by atoms with Crippen LogP contribution in [0.25, 0.3) is 0 Å². The van der Waals surface area contributed by atoms with Crippen molar-refractivity contribution in [1.29, 1.82) is 0 Å². The first-order valence-corrected chi connectivity index (χ1v) is 6.41. The van der Waals surface area contributed by atoms with Crippen molar-refractivity contribution in [3.8, 4) is 0 Å². The van der Waals surface area contributed by atoms with Gasteiger partial charge in [-0.05, 0) is 19.4 Å². The molecule has 6 heteroatoms. The second kappa shape index (κ2) is 5.44. The number of nitrogens with zero attached hydrogens (tertiary/aromatic N) is 2. The van der Waals surface area contributed by atoms with Crippen molar-refractivity contribution in [2.75, 3.05) is 30.4 Å². The second-order valence-corrected chi connectivity index (χ2v) is 4.98. The van der Waals surface area contributed by atoms with Gasteiger partial charge in [0, 0.05) is 49.6 Å². The topological polar surface area (TPSA) is 78.6 Å². The van der Waals surface area contributed by atoms with Gasteiger partial charge in [-0.15, -0.1) is 0 Å². The van der Waals surface area contributed by atoms with Gasteiger partial charge in [-0.25, -0.2) is 0 Å². The van der Waals surface area contributed by atoms with E-state index in [2.05, 4.69) is 10.2 Å². The summed E-state index contributed by atoms with van der Waals surface area (Å²) >= 11 is 0. The van der Waals surface area contributed by atoms with E-state index in [9.17, 15) is 15.2 Å². The maximum absolute atomic E-state index is 10.9. The van der Waals surface area contributed by atoms with E-state index in [4.69, 9.17) is 0 Å². The van der Waals surface area contributed by atoms with Gasteiger partial charge in [-0.3, -0.25) is 10.1 Å². The zero-order chi connectivity index (χ0) is 14.0. The van der Waals surface area contributed by atoms with E-state index in [0.29, 0.717) is 0 Å². The summed E-state index contributed by atoms with van der Waals surface area (Å²) in [4.78, 5) is 12.6. The molecule has 1 aromatic rings. The molecule has 0 bridgehead atoms. The average Bonchev–Trinajstić information content (AvgIpc) is 2.87. The van der Waals surface area contributed by atoms with Crippen molar-refractivity contribution in [3.63, 3.8) is 0 Å². The predicted molar refractivity (Wildman–Crippen MR) is 74.6 cm³/mol. The fourth-order valence-corrected chi connectivity index (χ4v) is 2.44. The lowest BCUT2D eigenvalue weighted by Gasteiger charge is -2.20. The number of hydrogen-bond acceptors (Lipinski definition) is 5. The Morgan fingerprint density at radius 2 is 2.26 bits per heavy atom. The van der Waals surface area contributed by atoms with Crippen LogP contribution in [-0.2, 0) is 0 Å². The van der Waals surface area contributed by atoms with Crippen molar-refractivity contribution < 1.29 is 10.0 Å². The minimum absolute atomic E-state index is 0.0855. The van der Waals surface area contributed by atoms with Gasteiger partial charge in [0.2, 0.25) is 0 Å². The zero-order valence-electron chi connectivity index (χ0n) is 11.2. The first-order valence-electron chi connectivity index (χ1n) is 6.41. The van der Waals surface area contributed by atoms with Crippen LogP contribution in [0.2, 0.25) is 0 Å². The minimum Gasteiger partial charge on any atom is -0.393 e. The van der Waals surface area contributed by atoms with Crippen LogP contribution in [0.3, 0.4) is 0 Å². The fraction of sp³-hybridized carbons (Fsp3) is 0.538. The maximum atomic E-state index is 10.9. The highest BCUT2D eigenvalue weighted by Gasteiger charge is 2.27. The molecule has 1 aliphatic heterocycles. The van der Waals surface area contributed by atoms with Crippen molar-refractivity contribution in [1.82, 2.24) is 0 Å². The average molecular weight is 265 g/mol. The van der Waals surface area contributed by atoms with E-state index in [0.717, 1.165) is 30.9 Å². The third-order valence-electron chi connectivity index (χ3n) is 3.67. The highest BCUT2D eigenvalue weighted by molar-refractivity contribution is 5.64. The van der Waals surface area contributed by atoms with E-state index in [-0.39, 0.29) is 22.6 Å². The molecule has 2 N–H and O–H groups in total. The minimum atomic E-state index is -0.382. The van der Waals surface area contributed by atoms with E-state index in [1.165, 1.54) is 6.07 Å². The Labute approximate surface area is 112 Å². The van der Waals surface area contributed by atoms with Crippen LogP contribution in [0.5, 0.6) is 0 Å². The molecule has 1 aromatic carbocycles. The zero-order valence-corrected chi connectivity index (χ0v) is 11.2. The summed E-state index contributed by atoms with van der Waals surface area (Å²) in [5, 5.41) is 23.5. The fourth-order valence-electron chi connectivity index (χ4n) is 2.44. The number of anilines is 2. The van der Waals surface area contributed by atoms with Crippen LogP contribution in [0.4, 0.5) is 17.1 Å². The number of nitro benzene ring substituents is 1. The first-order chi connectivity index (χ1) is 9.01. The molecule has 104 valence electrons. The summed E-state index contributed by atoms with van der Waals surface area (Å²) in [5.41, 5.74) is 1.65. The van der Waals surface area contributed by atoms with Gasteiger partial charge in [0.25, 0.3) is 5.69 Å². The molecule has 0 radical (unpaired) electrons. The molecule has 19 heavy (non-hydrogen) atoms. The van der Waals surface area contributed by atoms with Gasteiger partial charge in [0.1, 0.15) is 0 Å². The van der Waals surface area contributed by atoms with Crippen LogP contribution in [0, 0.1) is 16.0 Å². The van der Waals surface area contributed by atoms with Crippen molar-refractivity contribution in [2.45, 2.75) is 19.4 Å². The highest BCUT2D eigenvalue weighted by Crippen LogP contribution is 2.31. The van der Waals surface area contributed by atoms with Crippen LogP contribution in [0.15, 0.2) is 18.2 Å². The molecule has 1 saturated heterocycles. The molecule has 1 aliphatic rings. The monoisotopic (exact) mass is 265 g/mol. The quantitative estimate of drug-likeness (QED) is 0.641. The second-order valence-electron chi connectivity index (χ2n) is 4.98. The van der Waals surface area contributed by atoms with Crippen LogP contribution < -0.4 is 10.2 Å². The van der Waals surface area contributed by atoms with Crippen molar-refractivity contribution >= 4 is 17.1 Å². The molecule has 0 aromatic heterocycles.